The number of fused-ring (bicyclic) bond motifs is 4. The third-order valence-corrected chi connectivity index (χ3v) is 24.1. The lowest BCUT2D eigenvalue weighted by Gasteiger charge is -2.62. The standard InChI is InChI=1S/C28H40O3.C27H38O4/c1-17(7-8-18(2)29)23-19(30)15-26(6)21-10-9-20-24(3,4)22(31)11-12-27(20)16-28(21,27)14-13-25(23,26)5;1-22(2)17-6-7-18-24(4)14-16(28)21(25(5)10-9-20(30)31-25)23(24,3)12-13-27(18)15-26(17,27)11-8-19(22)29/h20-21H,7-16H2,1-6H3;17-18,21H,6-15H2,1-5H3/b23-17+;/t20?,21?,25-,26+,27-,28+;17?,18?,21?,23-,24+,25+,26-,27+/m11/s1. The molecule has 340 valence electrons. The summed E-state index contributed by atoms with van der Waals surface area (Å²) in [6.07, 6.45) is 19.0. The maximum Gasteiger partial charge on any atom is 0.306 e. The van der Waals surface area contributed by atoms with E-state index in [1.165, 1.54) is 32.1 Å². The van der Waals surface area contributed by atoms with E-state index in [1.807, 2.05) is 6.92 Å². The number of carbonyl (C=O) groups is 6. The van der Waals surface area contributed by atoms with Crippen LogP contribution in [0.5, 0.6) is 0 Å². The lowest BCUT2D eigenvalue weighted by molar-refractivity contribution is -0.176. The monoisotopic (exact) mass is 851 g/mol. The molecule has 0 aromatic carbocycles. The van der Waals surface area contributed by atoms with Gasteiger partial charge in [-0.3, -0.25) is 24.0 Å². The van der Waals surface area contributed by atoms with Crippen LogP contribution < -0.4 is 0 Å². The fraction of sp³-hybridized carbons (Fsp3) is 0.855. The maximum atomic E-state index is 13.6. The Bertz CT molecular complexity index is 2140. The van der Waals surface area contributed by atoms with E-state index in [9.17, 15) is 28.8 Å². The first kappa shape index (κ1) is 43.5. The van der Waals surface area contributed by atoms with Crippen LogP contribution in [0.1, 0.15) is 205 Å². The van der Waals surface area contributed by atoms with Gasteiger partial charge in [-0.1, -0.05) is 61.0 Å². The van der Waals surface area contributed by atoms with Crippen LogP contribution in [0.15, 0.2) is 11.1 Å². The van der Waals surface area contributed by atoms with Gasteiger partial charge in [0.1, 0.15) is 28.7 Å². The molecule has 7 nitrogen and oxygen atoms in total. The molecule has 10 aliphatic carbocycles. The predicted octanol–water partition coefficient (Wildman–Crippen LogP) is 11.5. The zero-order chi connectivity index (χ0) is 44.9. The molecule has 14 atom stereocenters. The van der Waals surface area contributed by atoms with E-state index in [-0.39, 0.29) is 50.2 Å². The first-order valence-corrected chi connectivity index (χ1v) is 25.3. The number of hydrogen-bond acceptors (Lipinski definition) is 7. The summed E-state index contributed by atoms with van der Waals surface area (Å²) in [4.78, 5) is 76.3. The predicted molar refractivity (Wildman–Crippen MR) is 237 cm³/mol. The molecule has 10 saturated carbocycles. The molecule has 1 aliphatic heterocycles. The molecule has 11 fully saturated rings. The molecule has 1 heterocycles. The van der Waals surface area contributed by atoms with Crippen LogP contribution in [-0.2, 0) is 33.5 Å². The highest BCUT2D eigenvalue weighted by Crippen LogP contribution is 2.90. The van der Waals surface area contributed by atoms with Crippen molar-refractivity contribution in [3.8, 4) is 0 Å². The highest BCUT2D eigenvalue weighted by atomic mass is 16.6. The zero-order valence-corrected chi connectivity index (χ0v) is 40.4. The molecule has 0 N–H and O–H groups in total. The Kier molecular flexibility index (Phi) is 8.91. The Hall–Kier alpha value is -2.44. The number of esters is 1. The summed E-state index contributed by atoms with van der Waals surface area (Å²) in [6.45, 7) is 24.1. The Morgan fingerprint density at radius 3 is 1.56 bits per heavy atom. The van der Waals surface area contributed by atoms with Crippen LogP contribution in [0.4, 0.5) is 0 Å². The maximum absolute atomic E-state index is 13.6. The van der Waals surface area contributed by atoms with Crippen LogP contribution >= 0.6 is 0 Å². The van der Waals surface area contributed by atoms with Gasteiger partial charge in [0.05, 0.1) is 5.92 Å². The second-order valence-corrected chi connectivity index (χ2v) is 26.5. The molecule has 0 aromatic rings. The lowest BCUT2D eigenvalue weighted by atomic mass is 9.41. The summed E-state index contributed by atoms with van der Waals surface area (Å²) in [7, 11) is 0. The molecule has 0 radical (unpaired) electrons. The molecule has 11 rings (SSSR count). The summed E-state index contributed by atoms with van der Waals surface area (Å²) >= 11 is 0. The van der Waals surface area contributed by atoms with Crippen molar-refractivity contribution in [1.29, 1.82) is 0 Å². The average molecular weight is 851 g/mol. The van der Waals surface area contributed by atoms with E-state index in [4.69, 9.17) is 4.74 Å². The molecule has 7 heteroatoms. The lowest BCUT2D eigenvalue weighted by Crippen LogP contribution is -2.58. The quantitative estimate of drug-likeness (QED) is 0.204. The van der Waals surface area contributed by atoms with Crippen molar-refractivity contribution in [2.24, 2.45) is 83.7 Å². The van der Waals surface area contributed by atoms with Gasteiger partial charge >= 0.3 is 5.97 Å². The largest absolute Gasteiger partial charge is 0.459 e. The van der Waals surface area contributed by atoms with Crippen LogP contribution in [0.3, 0.4) is 0 Å². The minimum absolute atomic E-state index is 0.00915. The van der Waals surface area contributed by atoms with Gasteiger partial charge < -0.3 is 9.53 Å². The highest BCUT2D eigenvalue weighted by Gasteiger charge is 2.85. The Morgan fingerprint density at radius 1 is 0.548 bits per heavy atom. The number of rotatable bonds is 4. The number of hydrogen-bond donors (Lipinski definition) is 0. The highest BCUT2D eigenvalue weighted by molar-refractivity contribution is 6.01. The van der Waals surface area contributed by atoms with E-state index in [0.29, 0.717) is 101 Å². The molecule has 11 aliphatic rings. The normalized spacial score (nSPS) is 53.0. The number of ether oxygens (including phenoxy) is 1. The van der Waals surface area contributed by atoms with Gasteiger partial charge in [0.25, 0.3) is 0 Å². The van der Waals surface area contributed by atoms with Crippen molar-refractivity contribution >= 4 is 34.9 Å². The molecule has 0 aromatic heterocycles. The summed E-state index contributed by atoms with van der Waals surface area (Å²) in [6, 6.07) is 0. The fourth-order valence-electron chi connectivity index (χ4n) is 20.9. The molecule has 0 amide bonds. The smallest absolute Gasteiger partial charge is 0.306 e. The number of ketones is 5. The van der Waals surface area contributed by atoms with Gasteiger partial charge in [-0.25, -0.2) is 0 Å². The first-order valence-electron chi connectivity index (χ1n) is 25.3. The first-order chi connectivity index (χ1) is 28.7. The molecule has 62 heavy (non-hydrogen) atoms. The number of allylic oxidation sites excluding steroid dienone is 2. The van der Waals surface area contributed by atoms with Crippen molar-refractivity contribution in [1.82, 2.24) is 0 Å². The van der Waals surface area contributed by atoms with Crippen LogP contribution in [-0.4, -0.2) is 40.5 Å². The SMILES string of the molecule is CC(=O)CC/C(C)=C1\C(=O)C[C@@]2(C)C3CCC4C(C)(C)C(=O)CC[C@@]45C[C@@]35CC[C@]12C.CC1(C)C(=O)CC[C@]23C[C@]24CC[C@]2(C)C([C@]5(C)CCC(=O)O5)C(=O)C[C@@]2(C)C4CCC13. The van der Waals surface area contributed by atoms with Crippen molar-refractivity contribution in [3.63, 3.8) is 0 Å². The van der Waals surface area contributed by atoms with E-state index in [1.54, 1.807) is 6.92 Å². The van der Waals surface area contributed by atoms with Crippen molar-refractivity contribution in [2.75, 3.05) is 0 Å². The van der Waals surface area contributed by atoms with Gasteiger partial charge in [0.15, 0.2) is 5.78 Å². The van der Waals surface area contributed by atoms with Gasteiger partial charge in [-0.2, -0.15) is 0 Å². The molecular weight excluding hydrogens is 773 g/mol. The topological polar surface area (TPSA) is 112 Å². The molecule has 5 unspecified atom stereocenters. The zero-order valence-electron chi connectivity index (χ0n) is 40.4. The van der Waals surface area contributed by atoms with E-state index in [2.05, 4.69) is 62.3 Å². The van der Waals surface area contributed by atoms with Gasteiger partial charge in [0, 0.05) is 60.3 Å². The molecule has 1 saturated heterocycles. The minimum atomic E-state index is -0.636. The summed E-state index contributed by atoms with van der Waals surface area (Å²) in [5.41, 5.74) is 2.33. The molecule has 4 spiro atoms. The van der Waals surface area contributed by atoms with Crippen molar-refractivity contribution in [3.05, 3.63) is 11.1 Å². The second kappa shape index (κ2) is 12.7. The molecular formula is C55H78O7. The number of cyclic esters (lactones) is 1. The Labute approximate surface area is 372 Å². The van der Waals surface area contributed by atoms with Crippen molar-refractivity contribution in [2.45, 2.75) is 210 Å². The Balaban J connectivity index is 0.000000148. The van der Waals surface area contributed by atoms with E-state index in [0.717, 1.165) is 75.4 Å². The average Bonchev–Trinajstić information content (AvgIpc) is 3.94. The van der Waals surface area contributed by atoms with Gasteiger partial charge in [-0.05, 0) is 172 Å². The van der Waals surface area contributed by atoms with Crippen LogP contribution in [0.25, 0.3) is 0 Å². The van der Waals surface area contributed by atoms with Crippen LogP contribution in [0, 0.1) is 83.7 Å². The number of Topliss-reactive ketones (excluding diaryl/α,β-unsaturated/α-hetero) is 5. The number of carbonyl (C=O) groups excluding carboxylic acids is 6. The van der Waals surface area contributed by atoms with E-state index >= 15 is 0 Å². The van der Waals surface area contributed by atoms with Gasteiger partial charge in [-0.15, -0.1) is 0 Å². The van der Waals surface area contributed by atoms with E-state index < -0.39 is 5.60 Å². The summed E-state index contributed by atoms with van der Waals surface area (Å²) in [5.74, 6) is 3.65. The third kappa shape index (κ3) is 4.91. The van der Waals surface area contributed by atoms with Gasteiger partial charge in [0.2, 0.25) is 0 Å². The summed E-state index contributed by atoms with van der Waals surface area (Å²) < 4.78 is 5.86. The second-order valence-electron chi connectivity index (χ2n) is 26.5. The molecule has 0 bridgehead atoms. The Morgan fingerprint density at radius 2 is 1.05 bits per heavy atom. The van der Waals surface area contributed by atoms with Crippen molar-refractivity contribution < 1.29 is 33.5 Å². The summed E-state index contributed by atoms with van der Waals surface area (Å²) in [5, 5.41) is 0. The minimum Gasteiger partial charge on any atom is -0.459 e. The fourth-order valence-corrected chi connectivity index (χ4v) is 20.9. The third-order valence-electron chi connectivity index (χ3n) is 24.1. The van der Waals surface area contributed by atoms with Crippen LogP contribution in [0.2, 0.25) is 0 Å².